The molecule has 0 spiro atoms. The first kappa shape index (κ1) is 22.0. The number of aromatic nitrogens is 2. The van der Waals surface area contributed by atoms with Gasteiger partial charge in [-0.25, -0.2) is 4.68 Å². The summed E-state index contributed by atoms with van der Waals surface area (Å²) in [6, 6.07) is 4.91. The van der Waals surface area contributed by atoms with Gasteiger partial charge < -0.3 is 10.2 Å². The third-order valence-electron chi connectivity index (χ3n) is 6.65. The van der Waals surface area contributed by atoms with E-state index in [2.05, 4.69) is 31.2 Å². The van der Waals surface area contributed by atoms with Gasteiger partial charge in [0, 0.05) is 36.6 Å². The van der Waals surface area contributed by atoms with E-state index in [9.17, 15) is 18.0 Å². The van der Waals surface area contributed by atoms with Crippen molar-refractivity contribution in [2.45, 2.75) is 43.6 Å². The highest BCUT2D eigenvalue weighted by molar-refractivity contribution is 9.10. The van der Waals surface area contributed by atoms with Crippen LogP contribution >= 0.6 is 27.5 Å². The molecular formula is C21H22BrClF3N5O. The van der Waals surface area contributed by atoms with Crippen molar-refractivity contribution >= 4 is 39.3 Å². The van der Waals surface area contributed by atoms with Crippen LogP contribution in [0.1, 0.15) is 47.4 Å². The molecule has 11 heteroatoms. The number of hydrogen-bond acceptors (Lipinski definition) is 4. The van der Waals surface area contributed by atoms with Gasteiger partial charge in [-0.2, -0.15) is 18.3 Å². The molecule has 0 saturated carbocycles. The van der Waals surface area contributed by atoms with Crippen LogP contribution in [0.3, 0.4) is 0 Å². The van der Waals surface area contributed by atoms with Gasteiger partial charge in [-0.05, 0) is 37.1 Å². The van der Waals surface area contributed by atoms with Crippen LogP contribution in [-0.2, 0) is 0 Å². The molecular weight excluding hydrogens is 511 g/mol. The molecule has 172 valence electrons. The van der Waals surface area contributed by atoms with Crippen molar-refractivity contribution < 1.29 is 18.0 Å². The average Bonchev–Trinajstić information content (AvgIpc) is 3.36. The first-order chi connectivity index (χ1) is 15.2. The van der Waals surface area contributed by atoms with Crippen molar-refractivity contribution in [3.63, 3.8) is 0 Å². The zero-order valence-electron chi connectivity index (χ0n) is 17.1. The number of nitrogens with zero attached hydrogens (tertiary/aromatic N) is 4. The van der Waals surface area contributed by atoms with E-state index in [1.807, 2.05) is 0 Å². The van der Waals surface area contributed by atoms with E-state index in [0.717, 1.165) is 35.1 Å². The maximum Gasteiger partial charge on any atom is 0.410 e. The summed E-state index contributed by atoms with van der Waals surface area (Å²) >= 11 is 9.83. The molecule has 2 fully saturated rings. The SMILES string of the molecule is O=C(c1nn2c(c1Cl)N[C@H](c1ccc(Br)cc1)C[C@@H]2C(F)(F)F)N1CCN2CCC[C@H]2C1. The smallest absolute Gasteiger partial charge is 0.362 e. The predicted molar refractivity (Wildman–Crippen MR) is 118 cm³/mol. The number of halogens is 5. The Balaban J connectivity index is 1.47. The highest BCUT2D eigenvalue weighted by Gasteiger charge is 2.48. The summed E-state index contributed by atoms with van der Waals surface area (Å²) in [5.41, 5.74) is 0.586. The molecule has 1 amide bonds. The highest BCUT2D eigenvalue weighted by atomic mass is 79.9. The number of nitrogens with one attached hydrogen (secondary N) is 1. The van der Waals surface area contributed by atoms with Crippen molar-refractivity contribution in [1.82, 2.24) is 19.6 Å². The summed E-state index contributed by atoms with van der Waals surface area (Å²) < 4.78 is 43.6. The number of piperazine rings is 1. The van der Waals surface area contributed by atoms with Crippen LogP contribution in [0.5, 0.6) is 0 Å². The number of alkyl halides is 3. The number of carbonyl (C=O) groups excluding carboxylic acids is 1. The number of benzene rings is 1. The summed E-state index contributed by atoms with van der Waals surface area (Å²) in [5.74, 6) is -0.373. The monoisotopic (exact) mass is 531 g/mol. The number of rotatable bonds is 2. The number of hydrogen-bond donors (Lipinski definition) is 1. The van der Waals surface area contributed by atoms with Gasteiger partial charge in [0.25, 0.3) is 5.91 Å². The second-order valence-corrected chi connectivity index (χ2v) is 9.87. The number of anilines is 1. The van der Waals surface area contributed by atoms with Gasteiger partial charge in [0.1, 0.15) is 10.8 Å². The standard InChI is InChI=1S/C21H22BrClF3N5O/c22-13-5-3-12(4-6-13)15-10-16(21(24,25)26)31-19(27-15)17(23)18(28-31)20(32)30-9-8-29-7-1-2-14(29)11-30/h3-6,14-16,27H,1-2,7-11H2/t14-,15-,16+/m0/s1. The van der Waals surface area contributed by atoms with Crippen LogP contribution in [0, 0.1) is 0 Å². The van der Waals surface area contributed by atoms with E-state index in [-0.39, 0.29) is 23.0 Å². The second-order valence-electron chi connectivity index (χ2n) is 8.58. The molecule has 1 aromatic carbocycles. The largest absolute Gasteiger partial charge is 0.410 e. The maximum absolute atomic E-state index is 14.0. The molecule has 2 aromatic rings. The van der Waals surface area contributed by atoms with E-state index in [0.29, 0.717) is 24.7 Å². The predicted octanol–water partition coefficient (Wildman–Crippen LogP) is 4.88. The molecule has 3 atom stereocenters. The third-order valence-corrected chi connectivity index (χ3v) is 7.53. The Labute approximate surface area is 196 Å². The lowest BCUT2D eigenvalue weighted by molar-refractivity contribution is -0.173. The van der Waals surface area contributed by atoms with E-state index >= 15 is 0 Å². The lowest BCUT2D eigenvalue weighted by atomic mass is 9.97. The van der Waals surface area contributed by atoms with Gasteiger partial charge in [0.2, 0.25) is 0 Å². The average molecular weight is 533 g/mol. The molecule has 0 bridgehead atoms. The first-order valence-electron chi connectivity index (χ1n) is 10.6. The lowest BCUT2D eigenvalue weighted by Gasteiger charge is -2.37. The Morgan fingerprint density at radius 3 is 2.66 bits per heavy atom. The van der Waals surface area contributed by atoms with Gasteiger partial charge >= 0.3 is 6.18 Å². The Hall–Kier alpha value is -1.78. The molecule has 1 aromatic heterocycles. The second kappa shape index (κ2) is 8.22. The fourth-order valence-electron chi connectivity index (χ4n) is 4.97. The molecule has 4 heterocycles. The molecule has 3 aliphatic heterocycles. The van der Waals surface area contributed by atoms with Crippen LogP contribution in [0.25, 0.3) is 0 Å². The molecule has 6 nitrogen and oxygen atoms in total. The van der Waals surface area contributed by atoms with Crippen molar-refractivity contribution in [3.8, 4) is 0 Å². The first-order valence-corrected chi connectivity index (χ1v) is 11.8. The maximum atomic E-state index is 14.0. The zero-order valence-corrected chi connectivity index (χ0v) is 19.4. The minimum atomic E-state index is -4.53. The fourth-order valence-corrected chi connectivity index (χ4v) is 5.49. The van der Waals surface area contributed by atoms with E-state index in [4.69, 9.17) is 11.6 Å². The molecule has 5 rings (SSSR count). The van der Waals surface area contributed by atoms with Crippen molar-refractivity contribution in [2.24, 2.45) is 0 Å². The molecule has 0 radical (unpaired) electrons. The van der Waals surface area contributed by atoms with E-state index in [1.54, 1.807) is 29.2 Å². The van der Waals surface area contributed by atoms with Crippen LogP contribution in [-0.4, -0.2) is 63.9 Å². The van der Waals surface area contributed by atoms with E-state index in [1.165, 1.54) is 0 Å². The van der Waals surface area contributed by atoms with Gasteiger partial charge in [0.15, 0.2) is 11.7 Å². The van der Waals surface area contributed by atoms with Gasteiger partial charge in [-0.3, -0.25) is 9.69 Å². The number of carbonyl (C=O) groups is 1. The van der Waals surface area contributed by atoms with Crippen LogP contribution in [0.2, 0.25) is 5.02 Å². The molecule has 0 aliphatic carbocycles. The zero-order chi connectivity index (χ0) is 22.6. The van der Waals surface area contributed by atoms with Crippen LogP contribution in [0.4, 0.5) is 19.0 Å². The quantitative estimate of drug-likeness (QED) is 0.599. The number of amides is 1. The van der Waals surface area contributed by atoms with Crippen molar-refractivity contribution in [2.75, 3.05) is 31.5 Å². The summed E-state index contributed by atoms with van der Waals surface area (Å²) in [6.45, 7) is 2.86. The van der Waals surface area contributed by atoms with E-state index < -0.39 is 24.2 Å². The summed E-state index contributed by atoms with van der Waals surface area (Å²) in [4.78, 5) is 17.2. The topological polar surface area (TPSA) is 53.4 Å². The Morgan fingerprint density at radius 2 is 1.94 bits per heavy atom. The number of fused-ring (bicyclic) bond motifs is 2. The lowest BCUT2D eigenvalue weighted by Crippen LogP contribution is -2.52. The Kier molecular flexibility index (Phi) is 5.66. The summed E-state index contributed by atoms with van der Waals surface area (Å²) in [5, 5.41) is 7.13. The van der Waals surface area contributed by atoms with Crippen LogP contribution in [0.15, 0.2) is 28.7 Å². The molecule has 2 saturated heterocycles. The normalized spacial score (nSPS) is 25.9. The Morgan fingerprint density at radius 1 is 1.19 bits per heavy atom. The van der Waals surface area contributed by atoms with Crippen molar-refractivity contribution in [3.05, 3.63) is 45.0 Å². The molecule has 32 heavy (non-hydrogen) atoms. The Bertz CT molecular complexity index is 1030. The van der Waals surface area contributed by atoms with Crippen LogP contribution < -0.4 is 5.32 Å². The van der Waals surface area contributed by atoms with Gasteiger partial charge in [0.05, 0.1) is 6.04 Å². The third kappa shape index (κ3) is 3.90. The minimum absolute atomic E-state index is 0.0380. The van der Waals surface area contributed by atoms with Crippen molar-refractivity contribution in [1.29, 1.82) is 0 Å². The van der Waals surface area contributed by atoms with Gasteiger partial charge in [-0.15, -0.1) is 0 Å². The fraction of sp³-hybridized carbons (Fsp3) is 0.524. The minimum Gasteiger partial charge on any atom is -0.362 e. The van der Waals surface area contributed by atoms with Gasteiger partial charge in [-0.1, -0.05) is 39.7 Å². The summed E-state index contributed by atoms with van der Waals surface area (Å²) in [7, 11) is 0. The molecule has 3 aliphatic rings. The highest BCUT2D eigenvalue weighted by Crippen LogP contribution is 2.46. The summed E-state index contributed by atoms with van der Waals surface area (Å²) in [6.07, 6.45) is -2.66. The molecule has 1 N–H and O–H groups in total. The molecule has 0 unspecified atom stereocenters.